The number of methoxy groups -OCH3 is 1. The summed E-state index contributed by atoms with van der Waals surface area (Å²) in [5, 5.41) is 1.21. The molecule has 1 aromatic carbocycles. The number of benzene rings is 1. The van der Waals surface area contributed by atoms with Crippen LogP contribution in [0, 0.1) is 6.92 Å². The molecule has 0 aliphatic carbocycles. The fourth-order valence-electron chi connectivity index (χ4n) is 1.20. The van der Waals surface area contributed by atoms with E-state index in [0.29, 0.717) is 0 Å². The first-order valence-corrected chi connectivity index (χ1v) is 4.51. The van der Waals surface area contributed by atoms with Crippen LogP contribution in [0.25, 0.3) is 10.1 Å². The summed E-state index contributed by atoms with van der Waals surface area (Å²) in [5.41, 5.74) is 0. The normalized spacial score (nSPS) is 10.5. The van der Waals surface area contributed by atoms with Gasteiger partial charge in [0.05, 0.1) is 7.11 Å². The van der Waals surface area contributed by atoms with Crippen LogP contribution in [0.15, 0.2) is 24.3 Å². The molecular weight excluding hydrogens is 168 g/mol. The maximum atomic E-state index is 5.12. The third kappa shape index (κ3) is 1.18. The van der Waals surface area contributed by atoms with Gasteiger partial charge in [-0.25, -0.2) is 0 Å². The van der Waals surface area contributed by atoms with Gasteiger partial charge in [0.25, 0.3) is 0 Å². The Morgan fingerprint density at radius 2 is 2.17 bits per heavy atom. The minimum absolute atomic E-state index is 0.903. The summed E-state index contributed by atoms with van der Waals surface area (Å²) in [7, 11) is 1.68. The van der Waals surface area contributed by atoms with Gasteiger partial charge >= 0.3 is 0 Å². The molecule has 1 nitrogen and oxygen atoms in total. The lowest BCUT2D eigenvalue weighted by atomic mass is 10.2. The Kier molecular flexibility index (Phi) is 1.77. The smallest absolute Gasteiger partial charge is 0.119 e. The number of hydrogen-bond donors (Lipinski definition) is 0. The Balaban J connectivity index is 2.66. The topological polar surface area (TPSA) is 9.23 Å². The average Bonchev–Trinajstić information content (AvgIpc) is 2.43. The summed E-state index contributed by atoms with van der Waals surface area (Å²) >= 11 is 1.70. The van der Waals surface area contributed by atoms with Gasteiger partial charge in [-0.05, 0) is 36.6 Å². The van der Waals surface area contributed by atoms with Crippen LogP contribution in [-0.2, 0) is 0 Å². The van der Waals surface area contributed by atoms with Crippen molar-refractivity contribution in [3.8, 4) is 5.75 Å². The monoisotopic (exact) mass is 177 g/mol. The molecule has 0 fully saturated rings. The van der Waals surface area contributed by atoms with E-state index in [9.17, 15) is 0 Å². The Morgan fingerprint density at radius 1 is 1.33 bits per heavy atom. The molecule has 0 N–H and O–H groups in total. The first kappa shape index (κ1) is 7.62. The van der Waals surface area contributed by atoms with Gasteiger partial charge < -0.3 is 4.74 Å². The molecule has 0 spiro atoms. The minimum Gasteiger partial charge on any atom is -0.497 e. The van der Waals surface area contributed by atoms with Gasteiger partial charge in [-0.15, -0.1) is 11.3 Å². The highest BCUT2D eigenvalue weighted by Gasteiger charge is 1.98. The van der Waals surface area contributed by atoms with Crippen LogP contribution in [0.1, 0.15) is 4.88 Å². The van der Waals surface area contributed by atoms with Gasteiger partial charge in [0.15, 0.2) is 0 Å². The number of thiophene rings is 1. The van der Waals surface area contributed by atoms with Gasteiger partial charge in [-0.3, -0.25) is 0 Å². The summed E-state index contributed by atoms with van der Waals surface area (Å²) in [6.45, 7) is 3.89. The molecule has 1 aromatic heterocycles. The van der Waals surface area contributed by atoms with Crippen molar-refractivity contribution in [3.05, 3.63) is 36.1 Å². The summed E-state index contributed by atoms with van der Waals surface area (Å²) in [5.74, 6) is 0.903. The zero-order valence-electron chi connectivity index (χ0n) is 6.83. The Labute approximate surface area is 75.6 Å². The quantitative estimate of drug-likeness (QED) is 0.650. The molecule has 0 aliphatic rings. The fraction of sp³-hybridized carbons (Fsp3) is 0.100. The average molecular weight is 177 g/mol. The summed E-state index contributed by atoms with van der Waals surface area (Å²) < 4.78 is 6.38. The molecule has 61 valence electrons. The van der Waals surface area contributed by atoms with Gasteiger partial charge in [-0.2, -0.15) is 0 Å². The summed E-state index contributed by atoms with van der Waals surface area (Å²) in [4.78, 5) is 1.10. The highest BCUT2D eigenvalue weighted by molar-refractivity contribution is 7.19. The van der Waals surface area contributed by atoms with E-state index in [1.807, 2.05) is 12.1 Å². The summed E-state index contributed by atoms with van der Waals surface area (Å²) in [6, 6.07) is 8.13. The molecule has 0 unspecified atom stereocenters. The van der Waals surface area contributed by atoms with Crippen LogP contribution < -0.4 is 4.74 Å². The van der Waals surface area contributed by atoms with E-state index in [1.54, 1.807) is 18.4 Å². The zero-order valence-corrected chi connectivity index (χ0v) is 7.65. The molecule has 2 aromatic rings. The maximum absolute atomic E-state index is 5.12. The van der Waals surface area contributed by atoms with Crippen LogP contribution in [0.2, 0.25) is 0 Å². The Hall–Kier alpha value is -1.02. The highest BCUT2D eigenvalue weighted by Crippen LogP contribution is 2.27. The predicted octanol–water partition coefficient (Wildman–Crippen LogP) is 3.09. The van der Waals surface area contributed by atoms with Crippen molar-refractivity contribution < 1.29 is 4.74 Å². The zero-order chi connectivity index (χ0) is 8.55. The molecular formula is C10H9OS. The second-order valence-electron chi connectivity index (χ2n) is 2.62. The largest absolute Gasteiger partial charge is 0.497 e. The van der Waals surface area contributed by atoms with E-state index in [4.69, 9.17) is 4.74 Å². The molecule has 1 heterocycles. The van der Waals surface area contributed by atoms with E-state index < -0.39 is 0 Å². The molecule has 0 atom stereocenters. The first-order valence-electron chi connectivity index (χ1n) is 3.69. The lowest BCUT2D eigenvalue weighted by molar-refractivity contribution is 0.415. The number of ether oxygens (including phenoxy) is 1. The lowest BCUT2D eigenvalue weighted by Crippen LogP contribution is -1.79. The molecule has 0 saturated heterocycles. The van der Waals surface area contributed by atoms with Crippen molar-refractivity contribution >= 4 is 21.4 Å². The molecule has 12 heavy (non-hydrogen) atoms. The third-order valence-electron chi connectivity index (χ3n) is 1.77. The molecule has 2 rings (SSSR count). The van der Waals surface area contributed by atoms with Crippen molar-refractivity contribution in [2.45, 2.75) is 0 Å². The van der Waals surface area contributed by atoms with Gasteiger partial charge in [0.2, 0.25) is 0 Å². The molecule has 0 saturated carbocycles. The Morgan fingerprint density at radius 3 is 2.92 bits per heavy atom. The van der Waals surface area contributed by atoms with Crippen molar-refractivity contribution in [1.29, 1.82) is 0 Å². The van der Waals surface area contributed by atoms with E-state index in [2.05, 4.69) is 19.1 Å². The van der Waals surface area contributed by atoms with Crippen molar-refractivity contribution in [2.75, 3.05) is 7.11 Å². The maximum Gasteiger partial charge on any atom is 0.119 e. The van der Waals surface area contributed by atoms with Gasteiger partial charge in [0, 0.05) is 9.58 Å². The SMILES string of the molecule is [CH2]c1cc2cc(OC)ccc2s1. The number of hydrogen-bond acceptors (Lipinski definition) is 2. The summed E-state index contributed by atoms with van der Waals surface area (Å²) in [6.07, 6.45) is 0. The molecule has 2 heteroatoms. The standard InChI is InChI=1S/C10H9OS/c1-7-5-8-6-9(11-2)3-4-10(8)12-7/h3-6H,1H2,2H3. The van der Waals surface area contributed by atoms with E-state index in [0.717, 1.165) is 10.6 Å². The van der Waals surface area contributed by atoms with E-state index in [-0.39, 0.29) is 0 Å². The second kappa shape index (κ2) is 2.79. The van der Waals surface area contributed by atoms with E-state index in [1.165, 1.54) is 10.1 Å². The van der Waals surface area contributed by atoms with Crippen LogP contribution in [-0.4, -0.2) is 7.11 Å². The van der Waals surface area contributed by atoms with Crippen LogP contribution in [0.4, 0.5) is 0 Å². The molecule has 1 radical (unpaired) electrons. The predicted molar refractivity (Wildman–Crippen MR) is 52.8 cm³/mol. The minimum atomic E-state index is 0.903. The first-order chi connectivity index (χ1) is 5.79. The lowest BCUT2D eigenvalue weighted by Gasteiger charge is -1.97. The van der Waals surface area contributed by atoms with Crippen molar-refractivity contribution in [3.63, 3.8) is 0 Å². The Bertz CT molecular complexity index is 403. The molecule has 0 amide bonds. The van der Waals surface area contributed by atoms with Crippen LogP contribution in [0.3, 0.4) is 0 Å². The third-order valence-corrected chi connectivity index (χ3v) is 2.75. The number of fused-ring (bicyclic) bond motifs is 1. The second-order valence-corrected chi connectivity index (χ2v) is 3.78. The van der Waals surface area contributed by atoms with E-state index >= 15 is 0 Å². The van der Waals surface area contributed by atoms with Gasteiger partial charge in [-0.1, -0.05) is 0 Å². The molecule has 0 bridgehead atoms. The molecule has 0 aliphatic heterocycles. The van der Waals surface area contributed by atoms with Crippen LogP contribution >= 0.6 is 11.3 Å². The van der Waals surface area contributed by atoms with Crippen molar-refractivity contribution in [1.82, 2.24) is 0 Å². The van der Waals surface area contributed by atoms with Crippen molar-refractivity contribution in [2.24, 2.45) is 0 Å². The van der Waals surface area contributed by atoms with Crippen LogP contribution in [0.5, 0.6) is 5.75 Å². The number of rotatable bonds is 1. The highest BCUT2D eigenvalue weighted by atomic mass is 32.1. The van der Waals surface area contributed by atoms with Gasteiger partial charge in [0.1, 0.15) is 5.75 Å². The fourth-order valence-corrected chi connectivity index (χ4v) is 2.04.